The summed E-state index contributed by atoms with van der Waals surface area (Å²) in [6, 6.07) is 3.93. The van der Waals surface area contributed by atoms with Gasteiger partial charge in [0.1, 0.15) is 12.6 Å². The first-order valence-corrected chi connectivity index (χ1v) is 11.4. The maximum Gasteiger partial charge on any atom is 0.508 e. The largest absolute Gasteiger partial charge is 0.508 e. The number of hydrogen-bond donors (Lipinski definition) is 1. The van der Waals surface area contributed by atoms with Crippen LogP contribution in [0.25, 0.3) is 0 Å². The van der Waals surface area contributed by atoms with E-state index >= 15 is 0 Å². The van der Waals surface area contributed by atoms with Crippen molar-refractivity contribution in [3.8, 4) is 11.5 Å². The second-order valence-corrected chi connectivity index (χ2v) is 7.59. The highest BCUT2D eigenvalue weighted by Gasteiger charge is 2.21. The van der Waals surface area contributed by atoms with Crippen LogP contribution in [0.5, 0.6) is 11.5 Å². The van der Waals surface area contributed by atoms with Crippen molar-refractivity contribution in [1.29, 1.82) is 0 Å². The average molecular weight is 482 g/mol. The van der Waals surface area contributed by atoms with Crippen LogP contribution < -0.4 is 14.8 Å². The van der Waals surface area contributed by atoms with Gasteiger partial charge in [-0.05, 0) is 30.0 Å². The molecule has 0 amide bonds. The molecule has 1 aromatic carbocycles. The Balaban J connectivity index is 2.79. The zero-order valence-corrected chi connectivity index (χ0v) is 20.5. The van der Waals surface area contributed by atoms with E-state index in [1.54, 1.807) is 19.9 Å². The van der Waals surface area contributed by atoms with E-state index in [4.69, 9.17) is 23.7 Å². The third-order valence-electron chi connectivity index (χ3n) is 4.85. The van der Waals surface area contributed by atoms with Crippen LogP contribution in [-0.2, 0) is 35.0 Å². The fraction of sp³-hybridized carbons (Fsp3) is 0.583. The highest BCUT2D eigenvalue weighted by Crippen LogP contribution is 2.30. The first-order chi connectivity index (χ1) is 16.2. The number of carbonyl (C=O) groups excluding carboxylic acids is 4. The molecule has 0 bridgehead atoms. The van der Waals surface area contributed by atoms with E-state index in [-0.39, 0.29) is 56.4 Å². The summed E-state index contributed by atoms with van der Waals surface area (Å²) < 4.78 is 25.4. The Morgan fingerprint density at radius 2 is 1.59 bits per heavy atom. The Bertz CT molecular complexity index is 825. The molecule has 0 radical (unpaired) electrons. The lowest BCUT2D eigenvalue weighted by atomic mass is 10.1. The molecule has 1 aromatic rings. The summed E-state index contributed by atoms with van der Waals surface area (Å²) in [5, 5.41) is 2.98. The molecule has 0 heterocycles. The second-order valence-electron chi connectivity index (χ2n) is 7.59. The van der Waals surface area contributed by atoms with Gasteiger partial charge in [-0.25, -0.2) is 4.79 Å². The number of ether oxygens (including phenoxy) is 5. The summed E-state index contributed by atoms with van der Waals surface area (Å²) in [7, 11) is 1.27. The van der Waals surface area contributed by atoms with Crippen LogP contribution in [0, 0.1) is 5.92 Å². The number of benzene rings is 1. The summed E-state index contributed by atoms with van der Waals surface area (Å²) in [6.07, 6.45) is 0.597. The van der Waals surface area contributed by atoms with E-state index in [1.165, 1.54) is 19.2 Å². The number of rotatable bonds is 14. The van der Waals surface area contributed by atoms with E-state index in [0.29, 0.717) is 5.56 Å². The van der Waals surface area contributed by atoms with Gasteiger partial charge in [-0.1, -0.05) is 40.2 Å². The van der Waals surface area contributed by atoms with Crippen molar-refractivity contribution in [3.05, 3.63) is 23.8 Å². The van der Waals surface area contributed by atoms with Crippen molar-refractivity contribution in [2.24, 2.45) is 5.92 Å². The summed E-state index contributed by atoms with van der Waals surface area (Å²) in [6.45, 7) is 7.71. The smallest absolute Gasteiger partial charge is 0.468 e. The lowest BCUT2D eigenvalue weighted by Crippen LogP contribution is -2.41. The van der Waals surface area contributed by atoms with Gasteiger partial charge in [0.2, 0.25) is 0 Å². The van der Waals surface area contributed by atoms with Gasteiger partial charge in [0.05, 0.1) is 13.7 Å². The lowest BCUT2D eigenvalue weighted by molar-refractivity contribution is -0.143. The quantitative estimate of drug-likeness (QED) is 0.240. The van der Waals surface area contributed by atoms with E-state index in [1.807, 2.05) is 13.8 Å². The van der Waals surface area contributed by atoms with Crippen LogP contribution in [0.3, 0.4) is 0 Å². The van der Waals surface area contributed by atoms with Crippen LogP contribution in [0.15, 0.2) is 18.2 Å². The zero-order chi connectivity index (χ0) is 25.5. The third kappa shape index (κ3) is 10.7. The van der Waals surface area contributed by atoms with Crippen LogP contribution >= 0.6 is 0 Å². The maximum atomic E-state index is 12.2. The van der Waals surface area contributed by atoms with Crippen molar-refractivity contribution in [2.45, 2.75) is 59.4 Å². The van der Waals surface area contributed by atoms with Crippen LogP contribution in [0.4, 0.5) is 4.79 Å². The SMILES string of the molecule is CCC(=O)Oc1ccc(C[C@H](NCCOC(=O)OCC(C)CC)C(=O)OC)cc1OC(=O)CC. The highest BCUT2D eigenvalue weighted by atomic mass is 16.7. The van der Waals surface area contributed by atoms with Gasteiger partial charge in [-0.2, -0.15) is 0 Å². The molecule has 0 aliphatic rings. The van der Waals surface area contributed by atoms with Gasteiger partial charge < -0.3 is 29.0 Å². The predicted molar refractivity (Wildman–Crippen MR) is 123 cm³/mol. The minimum Gasteiger partial charge on any atom is -0.468 e. The minimum absolute atomic E-state index is 0.00188. The number of nitrogens with one attached hydrogen (secondary N) is 1. The lowest BCUT2D eigenvalue weighted by Gasteiger charge is -2.18. The first kappa shape index (κ1) is 28.9. The highest BCUT2D eigenvalue weighted by molar-refractivity contribution is 5.77. The van der Waals surface area contributed by atoms with E-state index in [2.05, 4.69) is 5.32 Å². The molecule has 10 heteroatoms. The third-order valence-corrected chi connectivity index (χ3v) is 4.85. The van der Waals surface area contributed by atoms with Crippen molar-refractivity contribution in [3.63, 3.8) is 0 Å². The van der Waals surface area contributed by atoms with Crippen molar-refractivity contribution < 1.29 is 42.9 Å². The molecule has 190 valence electrons. The predicted octanol–water partition coefficient (Wildman–Crippen LogP) is 3.19. The Labute approximate surface area is 200 Å². The molecule has 0 aromatic heterocycles. The molecular formula is C24H35NO9. The summed E-state index contributed by atoms with van der Waals surface area (Å²) in [4.78, 5) is 47.4. The fourth-order valence-electron chi connectivity index (χ4n) is 2.59. The Morgan fingerprint density at radius 3 is 2.18 bits per heavy atom. The first-order valence-electron chi connectivity index (χ1n) is 11.4. The molecule has 0 aliphatic carbocycles. The molecule has 0 aliphatic heterocycles. The van der Waals surface area contributed by atoms with Crippen LogP contribution in [-0.4, -0.2) is 57.0 Å². The van der Waals surface area contributed by atoms with Gasteiger partial charge >= 0.3 is 24.1 Å². The van der Waals surface area contributed by atoms with Gasteiger partial charge in [-0.15, -0.1) is 0 Å². The van der Waals surface area contributed by atoms with Crippen LogP contribution in [0.1, 0.15) is 52.5 Å². The minimum atomic E-state index is -0.767. The molecule has 0 fully saturated rings. The Hall–Kier alpha value is -3.14. The van der Waals surface area contributed by atoms with Crippen LogP contribution in [0.2, 0.25) is 0 Å². The van der Waals surface area contributed by atoms with Crippen molar-refractivity contribution in [2.75, 3.05) is 26.9 Å². The molecule has 1 unspecified atom stereocenters. The average Bonchev–Trinajstić information content (AvgIpc) is 2.84. The molecule has 10 nitrogen and oxygen atoms in total. The van der Waals surface area contributed by atoms with E-state index in [9.17, 15) is 19.2 Å². The van der Waals surface area contributed by atoms with Crippen molar-refractivity contribution >= 4 is 24.1 Å². The molecule has 34 heavy (non-hydrogen) atoms. The zero-order valence-electron chi connectivity index (χ0n) is 20.5. The number of esters is 3. The van der Waals surface area contributed by atoms with E-state index in [0.717, 1.165) is 6.42 Å². The number of carbonyl (C=O) groups is 4. The molecular weight excluding hydrogens is 446 g/mol. The summed E-state index contributed by atoms with van der Waals surface area (Å²) in [5.74, 6) is -1.04. The van der Waals surface area contributed by atoms with E-state index < -0.39 is 30.1 Å². The standard InChI is InChI=1S/C24H35NO9/c1-6-16(4)15-32-24(29)31-12-11-25-18(23(28)30-5)13-17-9-10-19(33-21(26)7-2)20(14-17)34-22(27)8-3/h9-10,14,16,18,25H,6-8,11-13,15H2,1-5H3/t16?,18-/m0/s1. The second kappa shape index (κ2) is 15.7. The summed E-state index contributed by atoms with van der Waals surface area (Å²) >= 11 is 0. The van der Waals surface area contributed by atoms with Crippen molar-refractivity contribution in [1.82, 2.24) is 5.32 Å². The number of hydrogen-bond acceptors (Lipinski definition) is 10. The number of methoxy groups -OCH3 is 1. The van der Waals surface area contributed by atoms with Gasteiger partial charge in [0.15, 0.2) is 11.5 Å². The Kier molecular flexibility index (Phi) is 13.3. The molecule has 0 saturated heterocycles. The fourth-order valence-corrected chi connectivity index (χ4v) is 2.59. The summed E-state index contributed by atoms with van der Waals surface area (Å²) in [5.41, 5.74) is 0.631. The van der Waals surface area contributed by atoms with Gasteiger partial charge in [0.25, 0.3) is 0 Å². The molecule has 1 N–H and O–H groups in total. The normalized spacial score (nSPS) is 12.3. The van der Waals surface area contributed by atoms with Gasteiger partial charge in [0, 0.05) is 19.4 Å². The maximum absolute atomic E-state index is 12.2. The molecule has 0 saturated carbocycles. The van der Waals surface area contributed by atoms with Gasteiger partial charge in [-0.3, -0.25) is 14.4 Å². The molecule has 1 rings (SSSR count). The molecule has 0 spiro atoms. The monoisotopic (exact) mass is 481 g/mol. The Morgan fingerprint density at radius 1 is 0.941 bits per heavy atom. The molecule has 2 atom stereocenters. The topological polar surface area (TPSA) is 126 Å².